The monoisotopic (exact) mass is 247 g/mol. The largest absolute Gasteiger partial charge is 0.391 e. The molecule has 1 N–H and O–H groups in total. The number of aliphatic hydroxyl groups excluding tert-OH is 1. The van der Waals surface area contributed by atoms with Crippen LogP contribution < -0.4 is 0 Å². The van der Waals surface area contributed by atoms with E-state index in [1.807, 2.05) is 18.2 Å². The minimum absolute atomic E-state index is 0.0171. The summed E-state index contributed by atoms with van der Waals surface area (Å²) in [6.45, 7) is 2.43. The molecule has 0 aliphatic carbocycles. The summed E-state index contributed by atoms with van der Waals surface area (Å²) in [6, 6.07) is 5.75. The molecule has 1 fully saturated rings. The number of aliphatic hydroxyl groups is 1. The van der Waals surface area contributed by atoms with Crippen molar-refractivity contribution >= 4 is 5.91 Å². The second-order valence-corrected chi connectivity index (χ2v) is 5.02. The fraction of sp³-hybridized carbons (Fsp3) is 0.500. The van der Waals surface area contributed by atoms with Crippen LogP contribution in [0.2, 0.25) is 0 Å². The van der Waals surface area contributed by atoms with Crippen molar-refractivity contribution in [2.75, 3.05) is 13.1 Å². The smallest absolute Gasteiger partial charge is 0.253 e. The number of ether oxygens (including phenoxy) is 1. The van der Waals surface area contributed by atoms with Crippen LogP contribution in [-0.4, -0.2) is 35.1 Å². The van der Waals surface area contributed by atoms with Gasteiger partial charge in [-0.05, 0) is 36.1 Å². The second-order valence-electron chi connectivity index (χ2n) is 5.02. The number of nitrogens with zero attached hydrogens (tertiary/aromatic N) is 1. The number of amides is 1. The highest BCUT2D eigenvalue weighted by atomic mass is 16.5. The molecule has 1 aromatic carbocycles. The number of piperidine rings is 1. The van der Waals surface area contributed by atoms with E-state index in [2.05, 4.69) is 0 Å². The third kappa shape index (κ3) is 2.13. The Morgan fingerprint density at radius 3 is 3.00 bits per heavy atom. The number of fused-ring (bicyclic) bond motifs is 1. The fourth-order valence-corrected chi connectivity index (χ4v) is 2.63. The van der Waals surface area contributed by atoms with Crippen molar-refractivity contribution in [2.45, 2.75) is 32.2 Å². The molecule has 4 heteroatoms. The van der Waals surface area contributed by atoms with Gasteiger partial charge in [0.05, 0.1) is 19.3 Å². The van der Waals surface area contributed by atoms with Crippen molar-refractivity contribution in [3.8, 4) is 0 Å². The number of hydrogen-bond acceptors (Lipinski definition) is 3. The molecule has 1 aromatic rings. The average Bonchev–Trinajstić information content (AvgIpc) is 2.85. The highest BCUT2D eigenvalue weighted by Gasteiger charge is 2.24. The van der Waals surface area contributed by atoms with Crippen LogP contribution in [0.3, 0.4) is 0 Å². The lowest BCUT2D eigenvalue weighted by atomic mass is 10.0. The molecule has 18 heavy (non-hydrogen) atoms. The molecule has 3 rings (SSSR count). The maximum atomic E-state index is 12.3. The van der Waals surface area contributed by atoms with Crippen LogP contribution in [0.1, 0.15) is 34.3 Å². The van der Waals surface area contributed by atoms with Crippen LogP contribution in [-0.2, 0) is 18.0 Å². The molecular formula is C14H17NO3. The van der Waals surface area contributed by atoms with E-state index in [0.717, 1.165) is 24.9 Å². The summed E-state index contributed by atoms with van der Waals surface area (Å²) in [7, 11) is 0. The summed E-state index contributed by atoms with van der Waals surface area (Å²) < 4.78 is 5.35. The lowest BCUT2D eigenvalue weighted by molar-refractivity contribution is 0.0473. The summed E-state index contributed by atoms with van der Waals surface area (Å²) >= 11 is 0. The lowest BCUT2D eigenvalue weighted by Gasteiger charge is -2.30. The Morgan fingerprint density at radius 1 is 1.33 bits per heavy atom. The van der Waals surface area contributed by atoms with E-state index in [9.17, 15) is 9.90 Å². The number of carbonyl (C=O) groups excluding carboxylic acids is 1. The standard InChI is InChI=1S/C14H17NO3/c16-13-2-1-5-15(7-13)14(17)10-3-4-11-8-18-9-12(11)6-10/h3-4,6,13,16H,1-2,5,7-9H2/t13-/m0/s1. The lowest BCUT2D eigenvalue weighted by Crippen LogP contribution is -2.42. The first-order valence-corrected chi connectivity index (χ1v) is 6.41. The van der Waals surface area contributed by atoms with Crippen molar-refractivity contribution in [1.29, 1.82) is 0 Å². The maximum Gasteiger partial charge on any atom is 0.253 e. The second kappa shape index (κ2) is 4.71. The van der Waals surface area contributed by atoms with Crippen molar-refractivity contribution < 1.29 is 14.6 Å². The van der Waals surface area contributed by atoms with E-state index in [1.165, 1.54) is 5.56 Å². The molecule has 0 spiro atoms. The van der Waals surface area contributed by atoms with Gasteiger partial charge in [0.2, 0.25) is 0 Å². The maximum absolute atomic E-state index is 12.3. The van der Waals surface area contributed by atoms with E-state index in [1.54, 1.807) is 4.90 Å². The van der Waals surface area contributed by atoms with Gasteiger partial charge in [0.1, 0.15) is 0 Å². The normalized spacial score (nSPS) is 22.9. The van der Waals surface area contributed by atoms with E-state index < -0.39 is 0 Å². The third-order valence-corrected chi connectivity index (χ3v) is 3.65. The highest BCUT2D eigenvalue weighted by Crippen LogP contribution is 2.22. The van der Waals surface area contributed by atoms with Crippen molar-refractivity contribution in [3.05, 3.63) is 34.9 Å². The zero-order chi connectivity index (χ0) is 12.5. The van der Waals surface area contributed by atoms with Gasteiger partial charge in [-0.15, -0.1) is 0 Å². The van der Waals surface area contributed by atoms with E-state index >= 15 is 0 Å². The molecule has 0 aromatic heterocycles. The number of benzene rings is 1. The molecule has 2 aliphatic rings. The molecule has 2 heterocycles. The molecule has 4 nitrogen and oxygen atoms in total. The topological polar surface area (TPSA) is 49.8 Å². The molecule has 2 aliphatic heterocycles. The first-order valence-electron chi connectivity index (χ1n) is 6.41. The molecule has 1 saturated heterocycles. The molecule has 1 atom stereocenters. The van der Waals surface area contributed by atoms with Crippen LogP contribution in [0, 0.1) is 0 Å². The van der Waals surface area contributed by atoms with E-state index in [4.69, 9.17) is 4.74 Å². The summed E-state index contributed by atoms with van der Waals surface area (Å²) in [5.74, 6) is 0.0171. The molecule has 96 valence electrons. The van der Waals surface area contributed by atoms with Gasteiger partial charge in [0.15, 0.2) is 0 Å². The molecular weight excluding hydrogens is 230 g/mol. The summed E-state index contributed by atoms with van der Waals surface area (Å²) in [5.41, 5.74) is 2.98. The van der Waals surface area contributed by atoms with Gasteiger partial charge in [-0.3, -0.25) is 4.79 Å². The summed E-state index contributed by atoms with van der Waals surface area (Å²) in [4.78, 5) is 14.1. The van der Waals surface area contributed by atoms with Crippen LogP contribution >= 0.6 is 0 Å². The van der Waals surface area contributed by atoms with Crippen LogP contribution in [0.25, 0.3) is 0 Å². The number of likely N-dealkylation sites (tertiary alicyclic amines) is 1. The SMILES string of the molecule is O=C(c1ccc2c(c1)COC2)N1CCC[C@H](O)C1. The Kier molecular flexibility index (Phi) is 3.06. The molecule has 0 saturated carbocycles. The van der Waals surface area contributed by atoms with Gasteiger partial charge < -0.3 is 14.7 Å². The van der Waals surface area contributed by atoms with Gasteiger partial charge in [-0.25, -0.2) is 0 Å². The van der Waals surface area contributed by atoms with E-state index in [0.29, 0.717) is 25.3 Å². The third-order valence-electron chi connectivity index (χ3n) is 3.65. The van der Waals surface area contributed by atoms with Gasteiger partial charge >= 0.3 is 0 Å². The summed E-state index contributed by atoms with van der Waals surface area (Å²) in [6.07, 6.45) is 1.29. The van der Waals surface area contributed by atoms with Gasteiger partial charge in [0, 0.05) is 18.7 Å². The molecule has 0 bridgehead atoms. The predicted molar refractivity (Wildman–Crippen MR) is 66.1 cm³/mol. The predicted octanol–water partition coefficient (Wildman–Crippen LogP) is 1.31. The Labute approximate surface area is 106 Å². The average molecular weight is 247 g/mol. The molecule has 1 amide bonds. The number of β-amino-alcohol motifs (C(OH)–C–C–N with tert-alkyl or cyclic N) is 1. The zero-order valence-electron chi connectivity index (χ0n) is 10.3. The number of carbonyl (C=O) groups is 1. The number of hydrogen-bond donors (Lipinski definition) is 1. The number of rotatable bonds is 1. The Morgan fingerprint density at radius 2 is 2.17 bits per heavy atom. The van der Waals surface area contributed by atoms with Crippen LogP contribution in [0.5, 0.6) is 0 Å². The van der Waals surface area contributed by atoms with Gasteiger partial charge in [0.25, 0.3) is 5.91 Å². The Hall–Kier alpha value is -1.39. The Bertz CT molecular complexity index is 472. The van der Waals surface area contributed by atoms with Crippen LogP contribution in [0.4, 0.5) is 0 Å². The van der Waals surface area contributed by atoms with Crippen molar-refractivity contribution in [1.82, 2.24) is 4.90 Å². The van der Waals surface area contributed by atoms with Crippen LogP contribution in [0.15, 0.2) is 18.2 Å². The first-order chi connectivity index (χ1) is 8.74. The van der Waals surface area contributed by atoms with E-state index in [-0.39, 0.29) is 12.0 Å². The van der Waals surface area contributed by atoms with Gasteiger partial charge in [-0.2, -0.15) is 0 Å². The fourth-order valence-electron chi connectivity index (χ4n) is 2.63. The highest BCUT2D eigenvalue weighted by molar-refractivity contribution is 5.94. The minimum Gasteiger partial charge on any atom is -0.391 e. The Balaban J connectivity index is 1.79. The molecule has 0 unspecified atom stereocenters. The first kappa shape index (κ1) is 11.7. The minimum atomic E-state index is -0.375. The van der Waals surface area contributed by atoms with Crippen molar-refractivity contribution in [2.24, 2.45) is 0 Å². The van der Waals surface area contributed by atoms with Crippen molar-refractivity contribution in [3.63, 3.8) is 0 Å². The molecule has 0 radical (unpaired) electrons. The summed E-state index contributed by atoms with van der Waals surface area (Å²) in [5, 5.41) is 9.62. The quantitative estimate of drug-likeness (QED) is 0.814. The zero-order valence-corrected chi connectivity index (χ0v) is 10.3. The van der Waals surface area contributed by atoms with Gasteiger partial charge in [-0.1, -0.05) is 6.07 Å².